The van der Waals surface area contributed by atoms with Crippen LogP contribution < -0.4 is 10.6 Å². The molecular formula is C23H25N5O2. The first-order valence-electron chi connectivity index (χ1n) is 9.85. The van der Waals surface area contributed by atoms with Crippen molar-refractivity contribution in [3.63, 3.8) is 0 Å². The predicted molar refractivity (Wildman–Crippen MR) is 116 cm³/mol. The highest BCUT2D eigenvalue weighted by molar-refractivity contribution is 5.97. The maximum atomic E-state index is 12.7. The van der Waals surface area contributed by atoms with E-state index in [4.69, 9.17) is 0 Å². The van der Waals surface area contributed by atoms with Crippen LogP contribution in [0.1, 0.15) is 12.5 Å². The maximum absolute atomic E-state index is 12.7. The van der Waals surface area contributed by atoms with E-state index in [1.165, 1.54) is 18.7 Å². The molecule has 1 aliphatic heterocycles. The van der Waals surface area contributed by atoms with Gasteiger partial charge in [-0.3, -0.25) is 14.5 Å². The number of benzene rings is 2. The molecular weight excluding hydrogens is 378 g/mol. The molecule has 0 saturated carbocycles. The minimum Gasteiger partial charge on any atom is -0.360 e. The zero-order valence-electron chi connectivity index (χ0n) is 17.0. The van der Waals surface area contributed by atoms with Crippen molar-refractivity contribution < 1.29 is 9.59 Å². The molecule has 2 amide bonds. The summed E-state index contributed by atoms with van der Waals surface area (Å²) in [6, 6.07) is 19.3. The number of hydrogen-bond donors (Lipinski definition) is 2. The fourth-order valence-corrected chi connectivity index (χ4v) is 3.27. The number of nitriles is 1. The Morgan fingerprint density at radius 2 is 1.63 bits per heavy atom. The lowest BCUT2D eigenvalue weighted by Gasteiger charge is -2.34. The van der Waals surface area contributed by atoms with Crippen LogP contribution in [-0.4, -0.2) is 47.8 Å². The molecule has 0 radical (unpaired) electrons. The monoisotopic (exact) mass is 403 g/mol. The van der Waals surface area contributed by atoms with Crippen molar-refractivity contribution in [3.8, 4) is 6.07 Å². The van der Waals surface area contributed by atoms with Crippen LogP contribution in [0.2, 0.25) is 0 Å². The quantitative estimate of drug-likeness (QED) is 0.572. The summed E-state index contributed by atoms with van der Waals surface area (Å²) in [6.07, 6.45) is 1.44. The van der Waals surface area contributed by atoms with E-state index >= 15 is 0 Å². The zero-order valence-corrected chi connectivity index (χ0v) is 17.0. The molecule has 2 N–H and O–H groups in total. The van der Waals surface area contributed by atoms with Crippen LogP contribution in [0.5, 0.6) is 0 Å². The van der Waals surface area contributed by atoms with Crippen molar-refractivity contribution in [2.45, 2.75) is 13.5 Å². The number of amides is 2. The molecule has 0 spiro atoms. The van der Waals surface area contributed by atoms with E-state index in [9.17, 15) is 14.9 Å². The van der Waals surface area contributed by atoms with Crippen LogP contribution in [0.25, 0.3) is 0 Å². The molecule has 7 nitrogen and oxygen atoms in total. The summed E-state index contributed by atoms with van der Waals surface area (Å²) in [7, 11) is 0. The van der Waals surface area contributed by atoms with Crippen molar-refractivity contribution in [1.29, 1.82) is 5.26 Å². The Kier molecular flexibility index (Phi) is 7.19. The largest absolute Gasteiger partial charge is 0.360 e. The summed E-state index contributed by atoms with van der Waals surface area (Å²) >= 11 is 0. The third kappa shape index (κ3) is 5.93. The molecule has 2 aromatic carbocycles. The summed E-state index contributed by atoms with van der Waals surface area (Å²) in [6.45, 7) is 5.04. The summed E-state index contributed by atoms with van der Waals surface area (Å²) < 4.78 is 0. The SMILES string of the molecule is CC(=O)Nc1ccc(N/C=C(/C#N)C(=O)N2CCN(Cc3ccccc3)CC2)cc1. The van der Waals surface area contributed by atoms with Gasteiger partial charge in [-0.2, -0.15) is 5.26 Å². The van der Waals surface area contributed by atoms with Crippen molar-refractivity contribution in [3.05, 3.63) is 71.9 Å². The molecule has 7 heteroatoms. The van der Waals surface area contributed by atoms with Gasteiger partial charge in [-0.15, -0.1) is 0 Å². The van der Waals surface area contributed by atoms with Crippen LogP contribution in [0.4, 0.5) is 11.4 Å². The number of nitrogens with one attached hydrogen (secondary N) is 2. The van der Waals surface area contributed by atoms with Gasteiger partial charge in [0.2, 0.25) is 5.91 Å². The van der Waals surface area contributed by atoms with Gasteiger partial charge in [0, 0.05) is 57.2 Å². The van der Waals surface area contributed by atoms with Crippen LogP contribution >= 0.6 is 0 Å². The summed E-state index contributed by atoms with van der Waals surface area (Å²) in [5.74, 6) is -0.406. The summed E-state index contributed by atoms with van der Waals surface area (Å²) in [5, 5.41) is 15.1. The van der Waals surface area contributed by atoms with Crippen molar-refractivity contribution in [2.24, 2.45) is 0 Å². The molecule has 0 aromatic heterocycles. The molecule has 1 aliphatic rings. The minimum atomic E-state index is -0.265. The van der Waals surface area contributed by atoms with E-state index in [1.54, 1.807) is 29.2 Å². The molecule has 30 heavy (non-hydrogen) atoms. The molecule has 2 aromatic rings. The average Bonchev–Trinajstić information content (AvgIpc) is 2.76. The summed E-state index contributed by atoms with van der Waals surface area (Å²) in [4.78, 5) is 27.8. The van der Waals surface area contributed by atoms with E-state index in [1.807, 2.05) is 24.3 Å². The maximum Gasteiger partial charge on any atom is 0.266 e. The molecule has 3 rings (SSSR count). The molecule has 0 atom stereocenters. The third-order valence-corrected chi connectivity index (χ3v) is 4.85. The number of carbonyl (C=O) groups excluding carboxylic acids is 2. The minimum absolute atomic E-state index is 0.0671. The highest BCUT2D eigenvalue weighted by Crippen LogP contribution is 2.15. The molecule has 154 valence electrons. The highest BCUT2D eigenvalue weighted by atomic mass is 16.2. The number of anilines is 2. The third-order valence-electron chi connectivity index (χ3n) is 4.85. The smallest absolute Gasteiger partial charge is 0.266 e. The second-order valence-corrected chi connectivity index (χ2v) is 7.13. The number of piperazine rings is 1. The normalized spacial score (nSPS) is 14.7. The summed E-state index contributed by atoms with van der Waals surface area (Å²) in [5.41, 5.74) is 2.72. The first kappa shape index (κ1) is 21.1. The van der Waals surface area contributed by atoms with Crippen LogP contribution in [0.3, 0.4) is 0 Å². The molecule has 0 bridgehead atoms. The van der Waals surface area contributed by atoms with Gasteiger partial charge in [-0.1, -0.05) is 30.3 Å². The molecule has 0 unspecified atom stereocenters. The average molecular weight is 403 g/mol. The van der Waals surface area contributed by atoms with E-state index in [0.717, 1.165) is 25.3 Å². The molecule has 0 aliphatic carbocycles. The Hall–Kier alpha value is -3.63. The highest BCUT2D eigenvalue weighted by Gasteiger charge is 2.23. The van der Waals surface area contributed by atoms with Crippen LogP contribution in [-0.2, 0) is 16.1 Å². The second kappa shape index (κ2) is 10.2. The fourth-order valence-electron chi connectivity index (χ4n) is 3.27. The van der Waals surface area contributed by atoms with E-state index < -0.39 is 0 Å². The van der Waals surface area contributed by atoms with Gasteiger partial charge < -0.3 is 15.5 Å². The first-order chi connectivity index (χ1) is 14.5. The van der Waals surface area contributed by atoms with Crippen LogP contribution in [0.15, 0.2) is 66.4 Å². The molecule has 1 saturated heterocycles. The number of rotatable bonds is 6. The van der Waals surface area contributed by atoms with Crippen molar-refractivity contribution in [2.75, 3.05) is 36.8 Å². The van der Waals surface area contributed by atoms with Gasteiger partial charge >= 0.3 is 0 Å². The topological polar surface area (TPSA) is 88.5 Å². The van der Waals surface area contributed by atoms with Gasteiger partial charge in [-0.05, 0) is 29.8 Å². The fraction of sp³-hybridized carbons (Fsp3) is 0.261. The van der Waals surface area contributed by atoms with Gasteiger partial charge in [0.15, 0.2) is 0 Å². The van der Waals surface area contributed by atoms with Gasteiger partial charge in [-0.25, -0.2) is 0 Å². The molecule has 1 heterocycles. The Bertz CT molecular complexity index is 940. The second-order valence-electron chi connectivity index (χ2n) is 7.13. The zero-order chi connectivity index (χ0) is 21.3. The van der Waals surface area contributed by atoms with Crippen molar-refractivity contribution in [1.82, 2.24) is 9.80 Å². The van der Waals surface area contributed by atoms with E-state index in [0.29, 0.717) is 18.8 Å². The number of nitrogens with zero attached hydrogens (tertiary/aromatic N) is 3. The lowest BCUT2D eigenvalue weighted by molar-refractivity contribution is -0.128. The predicted octanol–water partition coefficient (Wildman–Crippen LogP) is 2.81. The lowest BCUT2D eigenvalue weighted by atomic mass is 10.2. The van der Waals surface area contributed by atoms with Gasteiger partial charge in [0.25, 0.3) is 5.91 Å². The van der Waals surface area contributed by atoms with E-state index in [2.05, 4.69) is 27.7 Å². The Morgan fingerprint density at radius 3 is 2.23 bits per heavy atom. The lowest BCUT2D eigenvalue weighted by Crippen LogP contribution is -2.48. The Labute approximate surface area is 176 Å². The first-order valence-corrected chi connectivity index (χ1v) is 9.85. The van der Waals surface area contributed by atoms with Gasteiger partial charge in [0.05, 0.1) is 0 Å². The number of hydrogen-bond acceptors (Lipinski definition) is 5. The van der Waals surface area contributed by atoms with Crippen molar-refractivity contribution >= 4 is 23.2 Å². The number of carbonyl (C=O) groups is 2. The standard InChI is InChI=1S/C23H25N5O2/c1-18(29)26-22-9-7-21(8-10-22)25-16-20(15-24)23(30)28-13-11-27(12-14-28)17-19-5-3-2-4-6-19/h2-10,16,25H,11-14,17H2,1H3,(H,26,29)/b20-16-. The molecule has 1 fully saturated rings. The Morgan fingerprint density at radius 1 is 1.00 bits per heavy atom. The van der Waals surface area contributed by atoms with Crippen LogP contribution in [0, 0.1) is 11.3 Å². The van der Waals surface area contributed by atoms with Gasteiger partial charge in [0.1, 0.15) is 11.6 Å². The van der Waals surface area contributed by atoms with E-state index in [-0.39, 0.29) is 17.4 Å². The Balaban J connectivity index is 1.53.